The van der Waals surface area contributed by atoms with Gasteiger partial charge in [0.1, 0.15) is 0 Å². The van der Waals surface area contributed by atoms with Crippen molar-refractivity contribution in [2.24, 2.45) is 0 Å². The molecule has 34 heavy (non-hydrogen) atoms. The molecule has 0 aliphatic carbocycles. The van der Waals surface area contributed by atoms with Crippen LogP contribution in [-0.2, 0) is 16.4 Å². The molecule has 0 saturated heterocycles. The molecule has 0 spiro atoms. The summed E-state index contributed by atoms with van der Waals surface area (Å²) in [5.41, 5.74) is 5.16. The first-order chi connectivity index (χ1) is 16.2. The highest BCUT2D eigenvalue weighted by Gasteiger charge is 2.32. The fourth-order valence-electron chi connectivity index (χ4n) is 4.60. The van der Waals surface area contributed by atoms with Crippen LogP contribution in [0, 0.1) is 13.8 Å². The minimum absolute atomic E-state index is 0.0433. The van der Waals surface area contributed by atoms with E-state index in [9.17, 15) is 9.36 Å². The van der Waals surface area contributed by atoms with E-state index in [1.807, 2.05) is 13.8 Å². The van der Waals surface area contributed by atoms with Crippen LogP contribution in [0.1, 0.15) is 118 Å². The summed E-state index contributed by atoms with van der Waals surface area (Å²) in [5, 5.41) is 0. The first kappa shape index (κ1) is 28.4. The van der Waals surface area contributed by atoms with E-state index in [1.54, 1.807) is 0 Å². The molecule has 2 nitrogen and oxygen atoms in total. The van der Waals surface area contributed by atoms with Crippen LogP contribution in [0.4, 0.5) is 0 Å². The van der Waals surface area contributed by atoms with Gasteiger partial charge in [0.15, 0.2) is 6.16 Å². The quantitative estimate of drug-likeness (QED) is 0.187. The summed E-state index contributed by atoms with van der Waals surface area (Å²) in [5.74, 6) is 0. The van der Waals surface area contributed by atoms with E-state index in [1.165, 1.54) is 68.9 Å². The molecule has 0 amide bonds. The molecule has 2 aromatic rings. The van der Waals surface area contributed by atoms with Gasteiger partial charge in [0.25, 0.3) is 0 Å². The summed E-state index contributed by atoms with van der Waals surface area (Å²) in [6, 6.07) is 14.9. The van der Waals surface area contributed by atoms with Gasteiger partial charge in [0.2, 0.25) is 0 Å². The van der Waals surface area contributed by atoms with Crippen LogP contribution in [0.2, 0.25) is 0 Å². The molecule has 0 saturated carbocycles. The molecular formula is C31H46O2P+. The molecular weight excluding hydrogens is 435 g/mol. The van der Waals surface area contributed by atoms with Crippen molar-refractivity contribution in [3.63, 3.8) is 0 Å². The van der Waals surface area contributed by atoms with Gasteiger partial charge in [-0.05, 0) is 67.2 Å². The number of rotatable bonds is 15. The zero-order valence-electron chi connectivity index (χ0n) is 22.3. The van der Waals surface area contributed by atoms with Gasteiger partial charge in [-0.25, -0.2) is 4.79 Å². The van der Waals surface area contributed by atoms with Crippen LogP contribution in [0.15, 0.2) is 42.5 Å². The van der Waals surface area contributed by atoms with E-state index in [4.69, 9.17) is 0 Å². The lowest BCUT2D eigenvalue weighted by Gasteiger charge is -2.21. The van der Waals surface area contributed by atoms with Crippen LogP contribution >= 0.6 is 7.80 Å². The molecule has 2 aromatic carbocycles. The first-order valence-corrected chi connectivity index (χ1v) is 14.8. The van der Waals surface area contributed by atoms with Crippen molar-refractivity contribution in [1.29, 1.82) is 0 Å². The van der Waals surface area contributed by atoms with Crippen molar-refractivity contribution in [3.8, 4) is 0 Å². The van der Waals surface area contributed by atoms with Gasteiger partial charge in [-0.1, -0.05) is 113 Å². The molecule has 0 aliphatic rings. The maximum absolute atomic E-state index is 12.9. The summed E-state index contributed by atoms with van der Waals surface area (Å²) < 4.78 is 12.7. The predicted octanol–water partition coefficient (Wildman–Crippen LogP) is 9.71. The number of hydrogen-bond acceptors (Lipinski definition) is 2. The molecule has 0 aromatic heterocycles. The molecule has 0 heterocycles. The maximum atomic E-state index is 12.9. The topological polar surface area (TPSA) is 34.1 Å². The number of hydrogen-bond donors (Lipinski definition) is 0. The fraction of sp³-hybridized carbons (Fsp3) is 0.581. The average molecular weight is 482 g/mol. The molecule has 2 rings (SSSR count). The van der Waals surface area contributed by atoms with Gasteiger partial charge in [-0.15, -0.1) is 0 Å². The highest BCUT2D eigenvalue weighted by Crippen LogP contribution is 2.34. The Morgan fingerprint density at radius 2 is 1.21 bits per heavy atom. The van der Waals surface area contributed by atoms with Gasteiger partial charge in [0, 0.05) is 0 Å². The van der Waals surface area contributed by atoms with Crippen LogP contribution in [0.25, 0.3) is 0 Å². The number of benzene rings is 2. The smallest absolute Gasteiger partial charge is 0.234 e. The van der Waals surface area contributed by atoms with Crippen molar-refractivity contribution in [1.82, 2.24) is 0 Å². The molecule has 186 valence electrons. The molecule has 0 radical (unpaired) electrons. The zero-order chi connectivity index (χ0) is 25.0. The molecule has 0 bridgehead atoms. The minimum atomic E-state index is -1.83. The van der Waals surface area contributed by atoms with Crippen LogP contribution < -0.4 is 0 Å². The van der Waals surface area contributed by atoms with Crippen molar-refractivity contribution < 1.29 is 9.36 Å². The second-order valence-electron chi connectivity index (χ2n) is 10.9. The molecule has 3 heteroatoms. The van der Waals surface area contributed by atoms with Gasteiger partial charge in [-0.3, -0.25) is 0 Å². The summed E-state index contributed by atoms with van der Waals surface area (Å²) in [4.78, 5) is 12.9. The Labute approximate surface area is 209 Å². The third-order valence-electron chi connectivity index (χ3n) is 6.76. The molecule has 1 unspecified atom stereocenters. The van der Waals surface area contributed by atoms with Gasteiger partial charge >= 0.3 is 13.3 Å². The lowest BCUT2D eigenvalue weighted by molar-refractivity contribution is 0.107. The van der Waals surface area contributed by atoms with Gasteiger partial charge < -0.3 is 0 Å². The third kappa shape index (κ3) is 9.83. The Balaban J connectivity index is 1.55. The molecule has 0 fully saturated rings. The first-order valence-electron chi connectivity index (χ1n) is 13.3. The number of carbonyl (C=O) groups excluding carboxylic acids is 1. The van der Waals surface area contributed by atoms with Crippen LogP contribution in [-0.4, -0.2) is 11.7 Å². The van der Waals surface area contributed by atoms with E-state index in [2.05, 4.69) is 63.2 Å². The minimum Gasteiger partial charge on any atom is -0.234 e. The van der Waals surface area contributed by atoms with Crippen molar-refractivity contribution in [2.45, 2.75) is 111 Å². The molecule has 0 N–H and O–H groups in total. The predicted molar refractivity (Wildman–Crippen MR) is 148 cm³/mol. The average Bonchev–Trinajstić information content (AvgIpc) is 2.79. The molecule has 1 atom stereocenters. The largest absolute Gasteiger partial charge is 0.420 e. The normalized spacial score (nSPS) is 12.1. The van der Waals surface area contributed by atoms with E-state index in [-0.39, 0.29) is 10.9 Å². The second-order valence-corrected chi connectivity index (χ2v) is 12.5. The lowest BCUT2D eigenvalue weighted by Crippen LogP contribution is -2.13. The van der Waals surface area contributed by atoms with E-state index < -0.39 is 7.80 Å². The van der Waals surface area contributed by atoms with Crippen molar-refractivity contribution in [3.05, 3.63) is 70.3 Å². The Morgan fingerprint density at radius 3 is 1.71 bits per heavy atom. The van der Waals surface area contributed by atoms with E-state index in [0.717, 1.165) is 24.0 Å². The molecule has 0 aliphatic heterocycles. The Hall–Kier alpha value is -1.79. The highest BCUT2D eigenvalue weighted by molar-refractivity contribution is 7.64. The fourth-order valence-corrected chi connectivity index (χ4v) is 5.92. The summed E-state index contributed by atoms with van der Waals surface area (Å²) in [6.45, 7) is 10.5. The summed E-state index contributed by atoms with van der Waals surface area (Å²) in [7, 11) is -1.83. The monoisotopic (exact) mass is 481 g/mol. The Bertz CT molecular complexity index is 886. The lowest BCUT2D eigenvalue weighted by atomic mass is 9.84. The van der Waals surface area contributed by atoms with Gasteiger partial charge in [0.05, 0.1) is 5.56 Å². The number of aryl methyl sites for hydroxylation is 3. The Kier molecular flexibility index (Phi) is 12.2. The summed E-state index contributed by atoms with van der Waals surface area (Å²) >= 11 is 0. The number of unbranched alkanes of at least 4 members (excludes halogenated alkanes) is 9. The number of carbonyl (C=O) groups is 1. The zero-order valence-corrected chi connectivity index (χ0v) is 23.2. The van der Waals surface area contributed by atoms with Crippen LogP contribution in [0.5, 0.6) is 0 Å². The standard InChI is InChI=1S/C31H46O2P/c1-25-23-28(31(3,4)5)24-26(2)29(25)30(32)34(33)22-18-13-11-9-7-6-8-10-12-15-19-27-20-16-14-17-21-27/h14,16-17,20-21,23-24H,6-13,15,18-19,22H2,1-5H3/q+1. The van der Waals surface area contributed by atoms with Gasteiger partial charge in [-0.2, -0.15) is 0 Å². The SMILES string of the molecule is Cc1cc(C(C)(C)C)cc(C)c1C(=O)[P+](=O)CCCCCCCCCCCCc1ccccc1. The summed E-state index contributed by atoms with van der Waals surface area (Å²) in [6.07, 6.45) is 14.0. The van der Waals surface area contributed by atoms with Crippen LogP contribution in [0.3, 0.4) is 0 Å². The second kappa shape index (κ2) is 14.6. The maximum Gasteiger partial charge on any atom is 0.420 e. The highest BCUT2D eigenvalue weighted by atomic mass is 31.1. The van der Waals surface area contributed by atoms with E-state index in [0.29, 0.717) is 11.7 Å². The van der Waals surface area contributed by atoms with Crippen molar-refractivity contribution in [2.75, 3.05) is 6.16 Å². The van der Waals surface area contributed by atoms with Crippen molar-refractivity contribution >= 4 is 13.3 Å². The third-order valence-corrected chi connectivity index (χ3v) is 8.16. The Morgan fingerprint density at radius 1 is 0.735 bits per heavy atom. The van der Waals surface area contributed by atoms with E-state index >= 15 is 0 Å².